The highest BCUT2D eigenvalue weighted by atomic mass is 19.4. The van der Waals surface area contributed by atoms with E-state index in [-0.39, 0.29) is 11.9 Å². The van der Waals surface area contributed by atoms with Crippen molar-refractivity contribution in [2.45, 2.75) is 37.9 Å². The Morgan fingerprint density at radius 1 is 1.50 bits per heavy atom. The van der Waals surface area contributed by atoms with E-state index in [0.717, 1.165) is 19.8 Å². The van der Waals surface area contributed by atoms with E-state index >= 15 is 0 Å². The number of imidazole rings is 1. The van der Waals surface area contributed by atoms with Crippen molar-refractivity contribution in [3.05, 3.63) is 18.2 Å². The summed E-state index contributed by atoms with van der Waals surface area (Å²) in [7, 11) is 0. The molecule has 1 aliphatic carbocycles. The number of alkyl halides is 3. The molecule has 5 heteroatoms. The van der Waals surface area contributed by atoms with E-state index in [0.29, 0.717) is 0 Å². The Balaban J connectivity index is 2.26. The van der Waals surface area contributed by atoms with Crippen molar-refractivity contribution in [1.29, 1.82) is 0 Å². The van der Waals surface area contributed by atoms with Crippen LogP contribution in [0.4, 0.5) is 13.2 Å². The van der Waals surface area contributed by atoms with Crippen LogP contribution in [0.5, 0.6) is 0 Å². The Morgan fingerprint density at radius 2 is 2.14 bits per heavy atom. The third-order valence-electron chi connectivity index (χ3n) is 2.52. The van der Waals surface area contributed by atoms with Crippen LogP contribution >= 0.6 is 0 Å². The van der Waals surface area contributed by atoms with Crippen LogP contribution in [0.15, 0.2) is 12.4 Å². The maximum Gasteiger partial charge on any atom is 0.398 e. The van der Waals surface area contributed by atoms with Gasteiger partial charge in [-0.05, 0) is 19.8 Å². The third kappa shape index (κ3) is 1.63. The summed E-state index contributed by atoms with van der Waals surface area (Å²) in [6.45, 7) is 1.15. The predicted octanol–water partition coefficient (Wildman–Crippen LogP) is 2.88. The molecule has 1 aliphatic rings. The molecule has 1 unspecified atom stereocenters. The van der Waals surface area contributed by atoms with Crippen molar-refractivity contribution in [3.63, 3.8) is 0 Å². The van der Waals surface area contributed by atoms with Crippen LogP contribution in [-0.4, -0.2) is 15.7 Å². The maximum absolute atomic E-state index is 12.4. The van der Waals surface area contributed by atoms with E-state index in [2.05, 4.69) is 4.98 Å². The fourth-order valence-electron chi connectivity index (χ4n) is 1.47. The lowest BCUT2D eigenvalue weighted by atomic mass is 10.1. The standard InChI is InChI=1S/C9H11F3N2/c1-6(9(10,11)12)8-13-4-5-14(8)7-2-3-7/h4-7H,2-3H2,1H3. The number of halogens is 3. The lowest BCUT2D eigenvalue weighted by Gasteiger charge is -2.16. The SMILES string of the molecule is CC(c1nccn1C1CC1)C(F)(F)F. The second-order valence-corrected chi connectivity index (χ2v) is 3.69. The Kier molecular flexibility index (Phi) is 2.05. The molecule has 0 radical (unpaired) electrons. The van der Waals surface area contributed by atoms with E-state index in [1.54, 1.807) is 10.8 Å². The summed E-state index contributed by atoms with van der Waals surface area (Å²) >= 11 is 0. The van der Waals surface area contributed by atoms with Crippen molar-refractivity contribution < 1.29 is 13.2 Å². The monoisotopic (exact) mass is 204 g/mol. The lowest BCUT2D eigenvalue weighted by Crippen LogP contribution is -2.21. The summed E-state index contributed by atoms with van der Waals surface area (Å²) < 4.78 is 38.9. The molecule has 1 fully saturated rings. The maximum atomic E-state index is 12.4. The Labute approximate surface area is 79.8 Å². The highest BCUT2D eigenvalue weighted by molar-refractivity contribution is 5.06. The van der Waals surface area contributed by atoms with Gasteiger partial charge in [-0.2, -0.15) is 13.2 Å². The summed E-state index contributed by atoms with van der Waals surface area (Å²) in [4.78, 5) is 3.79. The topological polar surface area (TPSA) is 17.8 Å². The van der Waals surface area contributed by atoms with Crippen molar-refractivity contribution in [3.8, 4) is 0 Å². The molecule has 0 amide bonds. The van der Waals surface area contributed by atoms with Gasteiger partial charge in [0, 0.05) is 18.4 Å². The van der Waals surface area contributed by atoms with Crippen LogP contribution < -0.4 is 0 Å². The van der Waals surface area contributed by atoms with Gasteiger partial charge in [-0.25, -0.2) is 4.98 Å². The third-order valence-corrected chi connectivity index (χ3v) is 2.52. The van der Waals surface area contributed by atoms with Crippen molar-refractivity contribution in [1.82, 2.24) is 9.55 Å². The lowest BCUT2D eigenvalue weighted by molar-refractivity contribution is -0.148. The summed E-state index contributed by atoms with van der Waals surface area (Å²) in [6.07, 6.45) is 0.811. The number of hydrogen-bond donors (Lipinski definition) is 0. The van der Waals surface area contributed by atoms with E-state index in [9.17, 15) is 13.2 Å². The molecular weight excluding hydrogens is 193 g/mol. The van der Waals surface area contributed by atoms with E-state index < -0.39 is 12.1 Å². The minimum Gasteiger partial charge on any atom is -0.331 e. The number of rotatable bonds is 2. The zero-order valence-corrected chi connectivity index (χ0v) is 7.75. The largest absolute Gasteiger partial charge is 0.398 e. The molecule has 1 aromatic rings. The second-order valence-electron chi connectivity index (χ2n) is 3.69. The molecule has 2 nitrogen and oxygen atoms in total. The highest BCUT2D eigenvalue weighted by Gasteiger charge is 2.41. The average molecular weight is 204 g/mol. The molecule has 0 spiro atoms. The van der Waals surface area contributed by atoms with Gasteiger partial charge >= 0.3 is 6.18 Å². The average Bonchev–Trinajstić information content (AvgIpc) is 2.81. The Hall–Kier alpha value is -1.00. The molecule has 14 heavy (non-hydrogen) atoms. The first kappa shape index (κ1) is 9.55. The van der Waals surface area contributed by atoms with Crippen LogP contribution in [0.2, 0.25) is 0 Å². The summed E-state index contributed by atoms with van der Waals surface area (Å²) in [5, 5.41) is 0. The van der Waals surface area contributed by atoms with Gasteiger partial charge in [0.1, 0.15) is 11.7 Å². The van der Waals surface area contributed by atoms with Crippen LogP contribution in [0.25, 0.3) is 0 Å². The van der Waals surface area contributed by atoms with Crippen LogP contribution in [0.1, 0.15) is 37.5 Å². The molecule has 1 aromatic heterocycles. The van der Waals surface area contributed by atoms with E-state index in [4.69, 9.17) is 0 Å². The summed E-state index contributed by atoms with van der Waals surface area (Å²) in [6, 6.07) is 0.247. The second kappa shape index (κ2) is 3.00. The van der Waals surface area contributed by atoms with Gasteiger partial charge in [0.25, 0.3) is 0 Å². The van der Waals surface area contributed by atoms with Crippen LogP contribution in [0.3, 0.4) is 0 Å². The van der Waals surface area contributed by atoms with Crippen molar-refractivity contribution in [2.75, 3.05) is 0 Å². The molecule has 1 atom stereocenters. The molecule has 0 bridgehead atoms. The quantitative estimate of drug-likeness (QED) is 0.724. The van der Waals surface area contributed by atoms with Gasteiger partial charge in [0.15, 0.2) is 0 Å². The summed E-state index contributed by atoms with van der Waals surface area (Å²) in [5.41, 5.74) is 0. The molecule has 0 N–H and O–H groups in total. The highest BCUT2D eigenvalue weighted by Crippen LogP contribution is 2.40. The first-order valence-corrected chi connectivity index (χ1v) is 4.59. The predicted molar refractivity (Wildman–Crippen MR) is 45.0 cm³/mol. The molecular formula is C9H11F3N2. The smallest absolute Gasteiger partial charge is 0.331 e. The first-order valence-electron chi connectivity index (χ1n) is 4.59. The van der Waals surface area contributed by atoms with Crippen molar-refractivity contribution in [2.24, 2.45) is 0 Å². The van der Waals surface area contributed by atoms with Crippen LogP contribution in [-0.2, 0) is 0 Å². The van der Waals surface area contributed by atoms with Crippen molar-refractivity contribution >= 4 is 0 Å². The minimum atomic E-state index is -4.20. The Morgan fingerprint density at radius 3 is 2.64 bits per heavy atom. The number of hydrogen-bond acceptors (Lipinski definition) is 1. The zero-order chi connectivity index (χ0) is 10.3. The zero-order valence-electron chi connectivity index (χ0n) is 7.75. The fraction of sp³-hybridized carbons (Fsp3) is 0.667. The van der Waals surface area contributed by atoms with Gasteiger partial charge in [-0.3, -0.25) is 0 Å². The molecule has 0 saturated heterocycles. The molecule has 1 heterocycles. The van der Waals surface area contributed by atoms with Gasteiger partial charge in [0.05, 0.1) is 0 Å². The summed E-state index contributed by atoms with van der Waals surface area (Å²) in [5.74, 6) is -1.34. The molecule has 1 saturated carbocycles. The number of nitrogens with zero attached hydrogens (tertiary/aromatic N) is 2. The van der Waals surface area contributed by atoms with Gasteiger partial charge < -0.3 is 4.57 Å². The molecule has 0 aliphatic heterocycles. The van der Waals surface area contributed by atoms with E-state index in [1.807, 2.05) is 0 Å². The number of aromatic nitrogens is 2. The van der Waals surface area contributed by atoms with Crippen LogP contribution in [0, 0.1) is 0 Å². The minimum absolute atomic E-state index is 0.139. The van der Waals surface area contributed by atoms with Gasteiger partial charge in [-0.15, -0.1) is 0 Å². The molecule has 2 rings (SSSR count). The van der Waals surface area contributed by atoms with Gasteiger partial charge in [-0.1, -0.05) is 0 Å². The normalized spacial score (nSPS) is 19.7. The first-order chi connectivity index (χ1) is 6.50. The van der Waals surface area contributed by atoms with Gasteiger partial charge in [0.2, 0.25) is 0 Å². The Bertz CT molecular complexity index is 325. The molecule has 78 valence electrons. The molecule has 0 aromatic carbocycles. The van der Waals surface area contributed by atoms with E-state index in [1.165, 1.54) is 6.20 Å². The fourth-order valence-corrected chi connectivity index (χ4v) is 1.47.